The van der Waals surface area contributed by atoms with Crippen LogP contribution in [-0.4, -0.2) is 44.6 Å². The van der Waals surface area contributed by atoms with Crippen LogP contribution < -0.4 is 4.31 Å². The van der Waals surface area contributed by atoms with Crippen molar-refractivity contribution in [1.29, 1.82) is 0 Å². The Hall–Kier alpha value is -1.56. The van der Waals surface area contributed by atoms with Crippen LogP contribution in [0.25, 0.3) is 0 Å². The van der Waals surface area contributed by atoms with Crippen molar-refractivity contribution < 1.29 is 13.2 Å². The second-order valence-electron chi connectivity index (χ2n) is 5.12. The summed E-state index contributed by atoms with van der Waals surface area (Å²) in [6.45, 7) is 5.63. The summed E-state index contributed by atoms with van der Waals surface area (Å²) in [5.41, 5.74) is 1.13. The summed E-state index contributed by atoms with van der Waals surface area (Å²) in [7, 11) is -3.24. The van der Waals surface area contributed by atoms with Gasteiger partial charge in [0.25, 0.3) is 5.91 Å². The topological polar surface area (TPSA) is 57.7 Å². The van der Waals surface area contributed by atoms with Crippen LogP contribution in [0.5, 0.6) is 0 Å². The predicted molar refractivity (Wildman–Crippen MR) is 84.1 cm³/mol. The molecule has 5 nitrogen and oxygen atoms in total. The Labute approximate surface area is 126 Å². The molecule has 1 aromatic rings. The zero-order chi connectivity index (χ0) is 15.5. The van der Waals surface area contributed by atoms with Gasteiger partial charge in [-0.25, -0.2) is 8.42 Å². The van der Waals surface area contributed by atoms with Crippen molar-refractivity contribution in [3.8, 4) is 0 Å². The van der Waals surface area contributed by atoms with Gasteiger partial charge in [0.15, 0.2) is 0 Å². The Morgan fingerprint density at radius 3 is 2.57 bits per heavy atom. The number of hydrogen-bond donors (Lipinski definition) is 0. The van der Waals surface area contributed by atoms with Crippen LogP contribution in [0.15, 0.2) is 24.3 Å². The smallest absolute Gasteiger partial charge is 0.253 e. The minimum absolute atomic E-state index is 0.0590. The standard InChI is InChI=1S/C15H22N2O3S/c1-3-16(4-2)15(18)13-8-7-9-14(12-13)17-10-5-6-11-21(17,19)20/h7-9,12H,3-6,10-11H2,1-2H3. The molecule has 116 valence electrons. The quantitative estimate of drug-likeness (QED) is 0.855. The Bertz CT molecular complexity index is 609. The van der Waals surface area contributed by atoms with Crippen LogP contribution in [0.2, 0.25) is 0 Å². The van der Waals surface area contributed by atoms with Crippen molar-refractivity contribution >= 4 is 21.6 Å². The largest absolute Gasteiger partial charge is 0.339 e. The van der Waals surface area contributed by atoms with Crippen LogP contribution in [0.4, 0.5) is 5.69 Å². The molecule has 0 N–H and O–H groups in total. The molecule has 21 heavy (non-hydrogen) atoms. The van der Waals surface area contributed by atoms with E-state index in [-0.39, 0.29) is 11.7 Å². The van der Waals surface area contributed by atoms with Crippen LogP contribution >= 0.6 is 0 Å². The molecule has 1 saturated heterocycles. The molecule has 0 saturated carbocycles. The number of sulfonamides is 1. The van der Waals surface area contributed by atoms with E-state index < -0.39 is 10.0 Å². The van der Waals surface area contributed by atoms with Gasteiger partial charge in [-0.3, -0.25) is 9.10 Å². The normalized spacial score (nSPS) is 17.5. The summed E-state index contributed by atoms with van der Waals surface area (Å²) in [6, 6.07) is 6.92. The zero-order valence-electron chi connectivity index (χ0n) is 12.6. The van der Waals surface area contributed by atoms with Gasteiger partial charge in [-0.1, -0.05) is 6.07 Å². The summed E-state index contributed by atoms with van der Waals surface area (Å²) in [6.07, 6.45) is 1.56. The first-order valence-electron chi connectivity index (χ1n) is 7.39. The van der Waals surface area contributed by atoms with E-state index in [2.05, 4.69) is 0 Å². The molecule has 0 radical (unpaired) electrons. The van der Waals surface area contributed by atoms with E-state index in [4.69, 9.17) is 0 Å². The summed E-state index contributed by atoms with van der Waals surface area (Å²) >= 11 is 0. The predicted octanol–water partition coefficient (Wildman–Crippen LogP) is 2.10. The van der Waals surface area contributed by atoms with Gasteiger partial charge in [-0.05, 0) is 44.9 Å². The molecule has 2 rings (SSSR count). The molecular formula is C15H22N2O3S. The Morgan fingerprint density at radius 1 is 1.24 bits per heavy atom. The Morgan fingerprint density at radius 2 is 1.95 bits per heavy atom. The highest BCUT2D eigenvalue weighted by Gasteiger charge is 2.26. The monoisotopic (exact) mass is 310 g/mol. The Balaban J connectivity index is 2.31. The molecule has 1 aliphatic rings. The minimum atomic E-state index is -3.24. The molecule has 0 aliphatic carbocycles. The fourth-order valence-electron chi connectivity index (χ4n) is 2.57. The van der Waals surface area contributed by atoms with Crippen molar-refractivity contribution in [2.45, 2.75) is 26.7 Å². The maximum atomic E-state index is 12.4. The number of rotatable bonds is 4. The number of anilines is 1. The van der Waals surface area contributed by atoms with Gasteiger partial charge in [-0.15, -0.1) is 0 Å². The van der Waals surface area contributed by atoms with E-state index in [0.717, 1.165) is 6.42 Å². The fraction of sp³-hybridized carbons (Fsp3) is 0.533. The Kier molecular flexibility index (Phi) is 4.88. The average Bonchev–Trinajstić information content (AvgIpc) is 2.48. The van der Waals surface area contributed by atoms with Crippen molar-refractivity contribution in [2.24, 2.45) is 0 Å². The van der Waals surface area contributed by atoms with Gasteiger partial charge in [-0.2, -0.15) is 0 Å². The third-order valence-corrected chi connectivity index (χ3v) is 5.65. The second-order valence-corrected chi connectivity index (χ2v) is 7.14. The van der Waals surface area contributed by atoms with Crippen LogP contribution in [0.1, 0.15) is 37.0 Å². The molecule has 1 fully saturated rings. The van der Waals surface area contributed by atoms with Crippen molar-refractivity contribution in [3.63, 3.8) is 0 Å². The molecule has 6 heteroatoms. The first-order valence-corrected chi connectivity index (χ1v) is 9.00. The molecule has 0 atom stereocenters. The lowest BCUT2D eigenvalue weighted by Crippen LogP contribution is -2.38. The molecule has 0 unspecified atom stereocenters. The highest BCUT2D eigenvalue weighted by molar-refractivity contribution is 7.92. The second kappa shape index (κ2) is 6.47. The molecule has 1 amide bonds. The summed E-state index contributed by atoms with van der Waals surface area (Å²) in [5.74, 6) is 0.123. The van der Waals surface area contributed by atoms with E-state index in [9.17, 15) is 13.2 Å². The van der Waals surface area contributed by atoms with Gasteiger partial charge in [0.1, 0.15) is 0 Å². The summed E-state index contributed by atoms with van der Waals surface area (Å²) in [5, 5.41) is 0. The molecule has 1 aliphatic heterocycles. The molecular weight excluding hydrogens is 288 g/mol. The third kappa shape index (κ3) is 3.37. The maximum absolute atomic E-state index is 12.4. The lowest BCUT2D eigenvalue weighted by Gasteiger charge is -2.28. The van der Waals surface area contributed by atoms with Gasteiger partial charge < -0.3 is 4.90 Å². The lowest BCUT2D eigenvalue weighted by atomic mass is 10.1. The molecule has 1 heterocycles. The molecule has 0 bridgehead atoms. The number of carbonyl (C=O) groups is 1. The van der Waals surface area contributed by atoms with E-state index in [1.54, 1.807) is 29.2 Å². The zero-order valence-corrected chi connectivity index (χ0v) is 13.4. The van der Waals surface area contributed by atoms with E-state index >= 15 is 0 Å². The van der Waals surface area contributed by atoms with Crippen molar-refractivity contribution in [3.05, 3.63) is 29.8 Å². The highest BCUT2D eigenvalue weighted by Crippen LogP contribution is 2.24. The van der Waals surface area contributed by atoms with Gasteiger partial charge in [0.05, 0.1) is 11.4 Å². The van der Waals surface area contributed by atoms with Crippen LogP contribution in [0, 0.1) is 0 Å². The van der Waals surface area contributed by atoms with E-state index in [1.165, 1.54) is 4.31 Å². The average molecular weight is 310 g/mol. The molecule has 0 spiro atoms. The van der Waals surface area contributed by atoms with Crippen LogP contribution in [0.3, 0.4) is 0 Å². The summed E-state index contributed by atoms with van der Waals surface area (Å²) in [4.78, 5) is 14.1. The number of carbonyl (C=O) groups excluding carboxylic acids is 1. The highest BCUT2D eigenvalue weighted by atomic mass is 32.2. The lowest BCUT2D eigenvalue weighted by molar-refractivity contribution is 0.0773. The van der Waals surface area contributed by atoms with E-state index in [1.807, 2.05) is 13.8 Å². The van der Waals surface area contributed by atoms with Crippen molar-refractivity contribution in [2.75, 3.05) is 29.7 Å². The third-order valence-electron chi connectivity index (χ3n) is 3.78. The van der Waals surface area contributed by atoms with Gasteiger partial charge in [0.2, 0.25) is 10.0 Å². The molecule has 1 aromatic carbocycles. The van der Waals surface area contributed by atoms with Crippen molar-refractivity contribution in [1.82, 2.24) is 4.90 Å². The minimum Gasteiger partial charge on any atom is -0.339 e. The number of benzene rings is 1. The summed E-state index contributed by atoms with van der Waals surface area (Å²) < 4.78 is 25.7. The fourth-order valence-corrected chi connectivity index (χ4v) is 4.20. The van der Waals surface area contributed by atoms with E-state index in [0.29, 0.717) is 37.3 Å². The number of hydrogen-bond acceptors (Lipinski definition) is 3. The SMILES string of the molecule is CCN(CC)C(=O)c1cccc(N2CCCCS2(=O)=O)c1. The number of amides is 1. The first kappa shape index (κ1) is 15.8. The number of nitrogens with zero attached hydrogens (tertiary/aromatic N) is 2. The van der Waals surface area contributed by atoms with Crippen LogP contribution in [-0.2, 0) is 10.0 Å². The molecule has 0 aromatic heterocycles. The maximum Gasteiger partial charge on any atom is 0.253 e. The first-order chi connectivity index (χ1) is 9.99. The van der Waals surface area contributed by atoms with Gasteiger partial charge >= 0.3 is 0 Å². The van der Waals surface area contributed by atoms with Gasteiger partial charge in [0, 0.05) is 25.2 Å².